The van der Waals surface area contributed by atoms with Crippen molar-refractivity contribution in [3.05, 3.63) is 58.7 Å². The maximum absolute atomic E-state index is 12.6. The molecule has 36 heavy (non-hydrogen) atoms. The summed E-state index contributed by atoms with van der Waals surface area (Å²) in [4.78, 5) is 25.3. The molecule has 0 bridgehead atoms. The molecule has 2 unspecified atom stereocenters. The molecule has 2 atom stereocenters. The lowest BCUT2D eigenvalue weighted by molar-refractivity contribution is -0.143. The van der Waals surface area contributed by atoms with Crippen molar-refractivity contribution in [3.8, 4) is 11.5 Å². The predicted molar refractivity (Wildman–Crippen MR) is 140 cm³/mol. The van der Waals surface area contributed by atoms with E-state index in [4.69, 9.17) is 18.5 Å². The summed E-state index contributed by atoms with van der Waals surface area (Å²) in [6.45, 7) is 18.7. The zero-order valence-electron chi connectivity index (χ0n) is 22.9. The number of benzene rings is 2. The van der Waals surface area contributed by atoms with Crippen LogP contribution < -0.4 is 9.47 Å². The second-order valence-corrected chi connectivity index (χ2v) is 11.9. The van der Waals surface area contributed by atoms with Gasteiger partial charge in [0.1, 0.15) is 11.5 Å². The molecule has 8 heteroatoms. The first-order valence-corrected chi connectivity index (χ1v) is 13.0. The van der Waals surface area contributed by atoms with Gasteiger partial charge in [-0.25, -0.2) is 9.59 Å². The standard InChI is InChI=1S/C28H38O7P/c1-17-11-13-21(27(5,6)7)23(15-17)32-25(29)19(3)34-36(31)35-20(4)26(30)33-24-16-18(2)12-14-22(24)28(8,9)10/h11-16,19-20H,1-10H3/q+1. The minimum absolute atomic E-state index is 0.248. The van der Waals surface area contributed by atoms with Crippen LogP contribution in [0.1, 0.15) is 77.6 Å². The number of rotatable bonds is 8. The Morgan fingerprint density at radius 3 is 1.33 bits per heavy atom. The van der Waals surface area contributed by atoms with Gasteiger partial charge in [-0.05, 0) is 61.8 Å². The Bertz CT molecular complexity index is 1040. The Morgan fingerprint density at radius 1 is 0.694 bits per heavy atom. The van der Waals surface area contributed by atoms with Gasteiger partial charge in [0.25, 0.3) is 0 Å². The summed E-state index contributed by atoms with van der Waals surface area (Å²) in [5.74, 6) is -0.599. The molecule has 0 fully saturated rings. The lowest BCUT2D eigenvalue weighted by Crippen LogP contribution is -2.28. The number of hydrogen-bond acceptors (Lipinski definition) is 7. The highest BCUT2D eigenvalue weighted by Crippen LogP contribution is 2.35. The van der Waals surface area contributed by atoms with Crippen LogP contribution in [0.4, 0.5) is 0 Å². The third-order valence-corrected chi connectivity index (χ3v) is 6.44. The molecule has 196 valence electrons. The molecule has 0 aliphatic carbocycles. The van der Waals surface area contributed by atoms with Crippen LogP contribution in [0.2, 0.25) is 0 Å². The van der Waals surface area contributed by atoms with Gasteiger partial charge in [0, 0.05) is 15.7 Å². The second kappa shape index (κ2) is 11.6. The van der Waals surface area contributed by atoms with Crippen LogP contribution in [-0.4, -0.2) is 24.1 Å². The van der Waals surface area contributed by atoms with Crippen LogP contribution in [0, 0.1) is 13.8 Å². The zero-order chi connectivity index (χ0) is 27.4. The van der Waals surface area contributed by atoms with E-state index in [9.17, 15) is 14.2 Å². The monoisotopic (exact) mass is 517 g/mol. The van der Waals surface area contributed by atoms with Gasteiger partial charge in [0.05, 0.1) is 0 Å². The molecule has 0 saturated carbocycles. The van der Waals surface area contributed by atoms with E-state index in [0.29, 0.717) is 11.5 Å². The van der Waals surface area contributed by atoms with Crippen LogP contribution in [0.5, 0.6) is 11.5 Å². The summed E-state index contributed by atoms with van der Waals surface area (Å²) in [5.41, 5.74) is 3.09. The van der Waals surface area contributed by atoms with Crippen molar-refractivity contribution in [1.29, 1.82) is 0 Å². The van der Waals surface area contributed by atoms with Gasteiger partial charge in [-0.1, -0.05) is 65.8 Å². The first-order valence-electron chi connectivity index (χ1n) is 12.0. The van der Waals surface area contributed by atoms with E-state index in [2.05, 4.69) is 0 Å². The van der Waals surface area contributed by atoms with Crippen LogP contribution in [0.15, 0.2) is 36.4 Å². The third-order valence-electron chi connectivity index (χ3n) is 5.46. The molecule has 0 amide bonds. The van der Waals surface area contributed by atoms with Gasteiger partial charge < -0.3 is 9.47 Å². The molecule has 7 nitrogen and oxygen atoms in total. The summed E-state index contributed by atoms with van der Waals surface area (Å²) >= 11 is 0. The van der Waals surface area contributed by atoms with Crippen LogP contribution in [-0.2, 0) is 34.0 Å². The van der Waals surface area contributed by atoms with Crippen molar-refractivity contribution < 1.29 is 32.7 Å². The van der Waals surface area contributed by atoms with Crippen LogP contribution >= 0.6 is 8.25 Å². The number of ether oxygens (including phenoxy) is 2. The van der Waals surface area contributed by atoms with Gasteiger partial charge in [0.2, 0.25) is 12.2 Å². The number of esters is 2. The average Bonchev–Trinajstić information content (AvgIpc) is 2.71. The fraction of sp³-hybridized carbons (Fsp3) is 0.500. The summed E-state index contributed by atoms with van der Waals surface area (Å²) in [5, 5.41) is 0. The summed E-state index contributed by atoms with van der Waals surface area (Å²) in [7, 11) is -2.80. The first kappa shape index (κ1) is 29.6. The molecular formula is C28H38O7P+. The summed E-state index contributed by atoms with van der Waals surface area (Å²) in [6, 6.07) is 11.3. The fourth-order valence-corrected chi connectivity index (χ4v) is 4.16. The topological polar surface area (TPSA) is 88.1 Å². The van der Waals surface area contributed by atoms with Gasteiger partial charge in [-0.3, -0.25) is 0 Å². The Hall–Kier alpha value is -2.60. The van der Waals surface area contributed by atoms with Crippen LogP contribution in [0.25, 0.3) is 0 Å². The molecule has 2 aromatic carbocycles. The van der Waals surface area contributed by atoms with E-state index in [1.807, 2.05) is 79.7 Å². The highest BCUT2D eigenvalue weighted by Gasteiger charge is 2.36. The third kappa shape index (κ3) is 8.22. The van der Waals surface area contributed by atoms with Crippen molar-refractivity contribution in [2.24, 2.45) is 0 Å². The Kier molecular flexibility index (Phi) is 9.58. The van der Waals surface area contributed by atoms with Crippen molar-refractivity contribution in [1.82, 2.24) is 0 Å². The van der Waals surface area contributed by atoms with Crippen molar-refractivity contribution in [2.75, 3.05) is 0 Å². The van der Waals surface area contributed by atoms with E-state index >= 15 is 0 Å². The van der Waals surface area contributed by atoms with Crippen molar-refractivity contribution in [3.63, 3.8) is 0 Å². The molecule has 0 aliphatic rings. The molecule has 0 aromatic heterocycles. The largest absolute Gasteiger partial charge is 0.699 e. The molecule has 0 radical (unpaired) electrons. The predicted octanol–water partition coefficient (Wildman–Crippen LogP) is 6.88. The van der Waals surface area contributed by atoms with Crippen molar-refractivity contribution in [2.45, 2.75) is 92.3 Å². The Balaban J connectivity index is 2.01. The van der Waals surface area contributed by atoms with E-state index in [-0.39, 0.29) is 10.8 Å². The molecule has 0 saturated heterocycles. The van der Waals surface area contributed by atoms with Crippen molar-refractivity contribution >= 4 is 20.2 Å². The molecule has 2 rings (SSSR count). The van der Waals surface area contributed by atoms with E-state index < -0.39 is 32.4 Å². The fourth-order valence-electron chi connectivity index (χ4n) is 3.42. The van der Waals surface area contributed by atoms with E-state index in [0.717, 1.165) is 22.3 Å². The van der Waals surface area contributed by atoms with Crippen LogP contribution in [0.3, 0.4) is 0 Å². The molecule has 0 spiro atoms. The average molecular weight is 518 g/mol. The lowest BCUT2D eigenvalue weighted by Gasteiger charge is -2.23. The number of hydrogen-bond donors (Lipinski definition) is 0. The summed E-state index contributed by atoms with van der Waals surface area (Å²) in [6.07, 6.45) is -2.37. The van der Waals surface area contributed by atoms with E-state index in [1.165, 1.54) is 13.8 Å². The highest BCUT2D eigenvalue weighted by atomic mass is 31.1. The van der Waals surface area contributed by atoms with Gasteiger partial charge in [-0.2, -0.15) is 0 Å². The van der Waals surface area contributed by atoms with Gasteiger partial charge >= 0.3 is 20.2 Å². The zero-order valence-corrected chi connectivity index (χ0v) is 23.8. The minimum Gasteiger partial charge on any atom is -0.424 e. The smallest absolute Gasteiger partial charge is 0.424 e. The second-order valence-electron chi connectivity index (χ2n) is 11.1. The molecule has 0 N–H and O–H groups in total. The quantitative estimate of drug-likeness (QED) is 0.214. The first-order chi connectivity index (χ1) is 16.5. The molecular weight excluding hydrogens is 479 g/mol. The van der Waals surface area contributed by atoms with Gasteiger partial charge in [-0.15, -0.1) is 9.05 Å². The maximum Gasteiger partial charge on any atom is 0.699 e. The molecule has 0 aliphatic heterocycles. The lowest BCUT2D eigenvalue weighted by atomic mass is 9.86. The maximum atomic E-state index is 12.6. The number of aryl methyl sites for hydroxylation is 2. The molecule has 2 aromatic rings. The minimum atomic E-state index is -2.80. The Morgan fingerprint density at radius 2 is 1.03 bits per heavy atom. The number of carbonyl (C=O) groups excluding carboxylic acids is 2. The number of carbonyl (C=O) groups is 2. The highest BCUT2D eigenvalue weighted by molar-refractivity contribution is 7.33. The van der Waals surface area contributed by atoms with E-state index in [1.54, 1.807) is 12.1 Å². The SMILES string of the molecule is Cc1ccc(C(C)(C)C)c(OC(=O)C(C)O[P+](=O)OC(C)C(=O)Oc2cc(C)ccc2C(C)(C)C)c1. The molecule has 0 heterocycles. The van der Waals surface area contributed by atoms with Gasteiger partial charge in [0.15, 0.2) is 0 Å². The summed E-state index contributed by atoms with van der Waals surface area (Å²) < 4.78 is 34.0. The normalized spacial score (nSPS) is 14.1. The Labute approximate surface area is 215 Å².